The van der Waals surface area contributed by atoms with Gasteiger partial charge < -0.3 is 4.74 Å². The van der Waals surface area contributed by atoms with Crippen molar-refractivity contribution < 1.29 is 13.2 Å². The van der Waals surface area contributed by atoms with Crippen LogP contribution in [0.4, 0.5) is 0 Å². The Hall–Kier alpha value is -1.92. The zero-order valence-electron chi connectivity index (χ0n) is 12.2. The van der Waals surface area contributed by atoms with E-state index in [0.717, 1.165) is 5.56 Å². The van der Waals surface area contributed by atoms with Gasteiger partial charge >= 0.3 is 0 Å². The van der Waals surface area contributed by atoms with Gasteiger partial charge in [0, 0.05) is 11.9 Å². The molecule has 0 fully saturated rings. The molecule has 0 aromatic heterocycles. The number of benzene rings is 2. The van der Waals surface area contributed by atoms with Crippen molar-refractivity contribution in [2.75, 3.05) is 14.2 Å². The second-order valence-corrected chi connectivity index (χ2v) is 7.78. The van der Waals surface area contributed by atoms with Crippen molar-refractivity contribution >= 4 is 27.9 Å². The van der Waals surface area contributed by atoms with E-state index in [9.17, 15) is 8.42 Å². The quantitative estimate of drug-likeness (QED) is 0.845. The molecule has 1 aliphatic heterocycles. The molecule has 0 N–H and O–H groups in total. The van der Waals surface area contributed by atoms with Crippen molar-refractivity contribution in [1.82, 2.24) is 4.31 Å². The molecule has 4 nitrogen and oxygen atoms in total. The third kappa shape index (κ3) is 2.60. The average Bonchev–Trinajstić information content (AvgIpc) is 2.53. The summed E-state index contributed by atoms with van der Waals surface area (Å²) in [7, 11) is -0.387. The number of hydrogen-bond donors (Lipinski definition) is 0. The van der Waals surface area contributed by atoms with Gasteiger partial charge in [-0.2, -0.15) is 0 Å². The molecule has 1 heterocycles. The summed E-state index contributed by atoms with van der Waals surface area (Å²) in [6, 6.07) is 14.7. The standard InChI is InChI=1S/C16H15NO3S2/c1-17-16(10-12-6-4-3-5-7-12)21-14-11-13(20-2)8-9-15(14)22(17,18)19/h3-11H,1-2H3/b16-10-. The van der Waals surface area contributed by atoms with Gasteiger partial charge in [-0.1, -0.05) is 42.1 Å². The Morgan fingerprint density at radius 3 is 2.55 bits per heavy atom. The van der Waals surface area contributed by atoms with E-state index in [0.29, 0.717) is 20.6 Å². The summed E-state index contributed by atoms with van der Waals surface area (Å²) in [6.45, 7) is 0. The van der Waals surface area contributed by atoms with E-state index >= 15 is 0 Å². The summed E-state index contributed by atoms with van der Waals surface area (Å²) in [4.78, 5) is 0.991. The molecule has 0 saturated carbocycles. The fourth-order valence-electron chi connectivity index (χ4n) is 2.16. The molecule has 0 saturated heterocycles. The van der Waals surface area contributed by atoms with Crippen molar-refractivity contribution in [3.63, 3.8) is 0 Å². The predicted molar refractivity (Wildman–Crippen MR) is 88.2 cm³/mol. The van der Waals surface area contributed by atoms with Crippen LogP contribution >= 0.6 is 11.8 Å². The van der Waals surface area contributed by atoms with Crippen LogP contribution in [0.15, 0.2) is 63.4 Å². The molecule has 0 radical (unpaired) electrons. The fourth-order valence-corrected chi connectivity index (χ4v) is 5.04. The number of thioether (sulfide) groups is 1. The number of hydrogen-bond acceptors (Lipinski definition) is 4. The first kappa shape index (κ1) is 15.0. The van der Waals surface area contributed by atoms with Crippen molar-refractivity contribution in [1.29, 1.82) is 0 Å². The van der Waals surface area contributed by atoms with Crippen molar-refractivity contribution in [3.05, 3.63) is 59.1 Å². The van der Waals surface area contributed by atoms with Crippen LogP contribution in [-0.4, -0.2) is 26.9 Å². The molecule has 114 valence electrons. The molecule has 0 bridgehead atoms. The van der Waals surface area contributed by atoms with E-state index in [2.05, 4.69) is 0 Å². The van der Waals surface area contributed by atoms with Crippen LogP contribution < -0.4 is 4.74 Å². The van der Waals surface area contributed by atoms with Crippen LogP contribution in [0, 0.1) is 0 Å². The van der Waals surface area contributed by atoms with E-state index in [4.69, 9.17) is 4.74 Å². The summed E-state index contributed by atoms with van der Waals surface area (Å²) >= 11 is 1.42. The molecule has 0 unspecified atom stereocenters. The van der Waals surface area contributed by atoms with Gasteiger partial charge in [0.1, 0.15) is 10.6 Å². The number of rotatable bonds is 2. The zero-order valence-corrected chi connectivity index (χ0v) is 13.8. The fraction of sp³-hybridized carbons (Fsp3) is 0.125. The van der Waals surface area contributed by atoms with E-state index in [1.807, 2.05) is 36.4 Å². The summed E-state index contributed by atoms with van der Waals surface area (Å²) in [5.74, 6) is 0.644. The van der Waals surface area contributed by atoms with E-state index in [1.54, 1.807) is 32.4 Å². The molecule has 0 aliphatic carbocycles. The van der Waals surface area contributed by atoms with Gasteiger partial charge in [0.05, 0.1) is 12.1 Å². The van der Waals surface area contributed by atoms with Crippen LogP contribution in [0.5, 0.6) is 5.75 Å². The Kier molecular flexibility index (Phi) is 3.88. The lowest BCUT2D eigenvalue weighted by Gasteiger charge is -2.28. The Labute approximate surface area is 134 Å². The number of nitrogens with zero attached hydrogens (tertiary/aromatic N) is 1. The summed E-state index contributed by atoms with van der Waals surface area (Å²) in [6.07, 6.45) is 1.87. The highest BCUT2D eigenvalue weighted by Gasteiger charge is 2.32. The summed E-state index contributed by atoms with van der Waals surface area (Å²) < 4.78 is 31.8. The molecule has 1 aliphatic rings. The zero-order chi connectivity index (χ0) is 15.7. The minimum absolute atomic E-state index is 0.311. The summed E-state index contributed by atoms with van der Waals surface area (Å²) in [5, 5.41) is 0.659. The van der Waals surface area contributed by atoms with Gasteiger partial charge in [-0.25, -0.2) is 8.42 Å². The molecule has 6 heteroatoms. The lowest BCUT2D eigenvalue weighted by atomic mass is 10.2. The van der Waals surface area contributed by atoms with Crippen LogP contribution in [0.2, 0.25) is 0 Å². The topological polar surface area (TPSA) is 46.6 Å². The first-order valence-corrected chi connectivity index (χ1v) is 8.89. The van der Waals surface area contributed by atoms with Crippen LogP contribution in [0.1, 0.15) is 5.56 Å². The van der Waals surface area contributed by atoms with Crippen LogP contribution in [-0.2, 0) is 10.0 Å². The lowest BCUT2D eigenvalue weighted by molar-refractivity contribution is 0.413. The van der Waals surface area contributed by atoms with E-state index < -0.39 is 10.0 Å². The Morgan fingerprint density at radius 2 is 1.86 bits per heavy atom. The molecule has 3 rings (SSSR count). The SMILES string of the molecule is COc1ccc2c(c1)S/C(=C\c1ccccc1)N(C)S2(=O)=O. The maximum absolute atomic E-state index is 12.6. The maximum Gasteiger partial charge on any atom is 0.265 e. The highest BCUT2D eigenvalue weighted by atomic mass is 32.2. The molecule has 2 aromatic carbocycles. The lowest BCUT2D eigenvalue weighted by Crippen LogP contribution is -2.28. The van der Waals surface area contributed by atoms with Gasteiger partial charge in [-0.05, 0) is 29.8 Å². The first-order valence-electron chi connectivity index (χ1n) is 6.64. The normalized spacial score (nSPS) is 18.1. The monoisotopic (exact) mass is 333 g/mol. The average molecular weight is 333 g/mol. The van der Waals surface area contributed by atoms with E-state index in [1.165, 1.54) is 16.1 Å². The van der Waals surface area contributed by atoms with Crippen molar-refractivity contribution in [2.45, 2.75) is 9.79 Å². The number of methoxy groups -OCH3 is 1. The van der Waals surface area contributed by atoms with Crippen molar-refractivity contribution in [2.24, 2.45) is 0 Å². The molecular weight excluding hydrogens is 318 g/mol. The van der Waals surface area contributed by atoms with Crippen LogP contribution in [0.3, 0.4) is 0 Å². The summed E-state index contributed by atoms with van der Waals surface area (Å²) in [5.41, 5.74) is 0.957. The second-order valence-electron chi connectivity index (χ2n) is 4.78. The minimum Gasteiger partial charge on any atom is -0.497 e. The number of fused-ring (bicyclic) bond motifs is 1. The third-order valence-corrected chi connectivity index (χ3v) is 6.64. The smallest absolute Gasteiger partial charge is 0.265 e. The Bertz CT molecular complexity index is 830. The first-order chi connectivity index (χ1) is 10.5. The third-order valence-electron chi connectivity index (χ3n) is 3.40. The van der Waals surface area contributed by atoms with Gasteiger partial charge in [-0.3, -0.25) is 4.31 Å². The van der Waals surface area contributed by atoms with E-state index in [-0.39, 0.29) is 0 Å². The van der Waals surface area contributed by atoms with Gasteiger partial charge in [0.15, 0.2) is 0 Å². The molecule has 0 spiro atoms. The highest BCUT2D eigenvalue weighted by Crippen LogP contribution is 2.43. The largest absolute Gasteiger partial charge is 0.497 e. The van der Waals surface area contributed by atoms with Gasteiger partial charge in [0.25, 0.3) is 10.0 Å². The Balaban J connectivity index is 2.11. The van der Waals surface area contributed by atoms with Crippen molar-refractivity contribution in [3.8, 4) is 5.75 Å². The molecule has 0 atom stereocenters. The van der Waals surface area contributed by atoms with Crippen LogP contribution in [0.25, 0.3) is 6.08 Å². The highest BCUT2D eigenvalue weighted by molar-refractivity contribution is 8.05. The van der Waals surface area contributed by atoms with Gasteiger partial charge in [0.2, 0.25) is 0 Å². The molecular formula is C16H15NO3S2. The number of sulfonamides is 1. The molecule has 0 amide bonds. The second kappa shape index (κ2) is 5.70. The molecule has 22 heavy (non-hydrogen) atoms. The minimum atomic E-state index is -3.53. The molecule has 2 aromatic rings. The Morgan fingerprint density at radius 1 is 1.14 bits per heavy atom. The van der Waals surface area contributed by atoms with Gasteiger partial charge in [-0.15, -0.1) is 0 Å². The number of ether oxygens (including phenoxy) is 1. The predicted octanol–water partition coefficient (Wildman–Crippen LogP) is 3.42. The maximum atomic E-state index is 12.6.